The summed E-state index contributed by atoms with van der Waals surface area (Å²) in [4.78, 5) is 6.35. The Morgan fingerprint density at radius 1 is 1.36 bits per heavy atom. The van der Waals surface area contributed by atoms with Crippen LogP contribution < -0.4 is 10.2 Å². The van der Waals surface area contributed by atoms with Gasteiger partial charge < -0.3 is 19.7 Å². The van der Waals surface area contributed by atoms with Crippen LogP contribution in [-0.4, -0.2) is 30.3 Å². The molecule has 2 heterocycles. The zero-order chi connectivity index (χ0) is 15.5. The van der Waals surface area contributed by atoms with Gasteiger partial charge in [-0.05, 0) is 36.6 Å². The van der Waals surface area contributed by atoms with Gasteiger partial charge in [0.25, 0.3) is 0 Å². The fourth-order valence-corrected chi connectivity index (χ4v) is 2.58. The first-order valence-corrected chi connectivity index (χ1v) is 7.78. The van der Waals surface area contributed by atoms with Gasteiger partial charge in [-0.2, -0.15) is 0 Å². The Balaban J connectivity index is 1.54. The highest BCUT2D eigenvalue weighted by molar-refractivity contribution is 5.48. The molecule has 1 aliphatic carbocycles. The zero-order valence-corrected chi connectivity index (χ0v) is 13.1. The van der Waals surface area contributed by atoms with E-state index in [0.717, 1.165) is 28.9 Å². The molecule has 0 aliphatic heterocycles. The zero-order valence-electron chi connectivity index (χ0n) is 13.1. The summed E-state index contributed by atoms with van der Waals surface area (Å²) < 4.78 is 5.87. The molecule has 0 bridgehead atoms. The quantitative estimate of drug-likeness (QED) is 0.823. The summed E-state index contributed by atoms with van der Waals surface area (Å²) in [5, 5.41) is 12.2. The van der Waals surface area contributed by atoms with Crippen molar-refractivity contribution in [2.45, 2.75) is 25.8 Å². The summed E-state index contributed by atoms with van der Waals surface area (Å²) in [7, 11) is 1.93. The van der Waals surface area contributed by atoms with Crippen LogP contribution in [0.15, 0.2) is 34.9 Å². The van der Waals surface area contributed by atoms with E-state index in [0.29, 0.717) is 19.0 Å². The summed E-state index contributed by atoms with van der Waals surface area (Å²) in [6, 6.07) is 8.06. The number of aliphatic hydroxyl groups excluding tert-OH is 1. The second-order valence-corrected chi connectivity index (χ2v) is 6.02. The van der Waals surface area contributed by atoms with Gasteiger partial charge in [0.15, 0.2) is 0 Å². The number of aliphatic hydroxyl groups is 1. The van der Waals surface area contributed by atoms with Gasteiger partial charge in [0.1, 0.15) is 17.3 Å². The number of nitrogens with one attached hydrogen (secondary N) is 1. The van der Waals surface area contributed by atoms with Crippen molar-refractivity contribution in [3.05, 3.63) is 42.0 Å². The molecule has 5 nitrogen and oxygen atoms in total. The lowest BCUT2D eigenvalue weighted by Crippen LogP contribution is -2.21. The first-order chi connectivity index (χ1) is 10.7. The Morgan fingerprint density at radius 2 is 2.18 bits per heavy atom. The standard InChI is InChI=1S/C17H23N3O2/c1-12-9-15(12)16-5-4-14(22-16)11-19-17-6-3-13(10-18-17)20(2)7-8-21/h3-6,10,12,15,21H,7-9,11H2,1-2H3,(H,18,19). The summed E-state index contributed by atoms with van der Waals surface area (Å²) in [5.41, 5.74) is 0.989. The SMILES string of the molecule is CC1CC1c1ccc(CNc2ccc(N(C)CCO)cn2)o1. The van der Waals surface area contributed by atoms with Crippen LogP contribution in [0.2, 0.25) is 0 Å². The molecule has 2 aromatic rings. The van der Waals surface area contributed by atoms with Crippen molar-refractivity contribution in [3.63, 3.8) is 0 Å². The fraction of sp³-hybridized carbons (Fsp3) is 0.471. The second kappa shape index (κ2) is 6.40. The van der Waals surface area contributed by atoms with E-state index in [4.69, 9.17) is 9.52 Å². The lowest BCUT2D eigenvalue weighted by molar-refractivity contribution is 0.304. The maximum absolute atomic E-state index is 8.94. The Morgan fingerprint density at radius 3 is 2.82 bits per heavy atom. The van der Waals surface area contributed by atoms with Crippen LogP contribution >= 0.6 is 0 Å². The minimum absolute atomic E-state index is 0.136. The Bertz CT molecular complexity index is 609. The summed E-state index contributed by atoms with van der Waals surface area (Å²) in [6.07, 6.45) is 3.04. The lowest BCUT2D eigenvalue weighted by atomic mass is 10.3. The maximum Gasteiger partial charge on any atom is 0.126 e. The predicted molar refractivity (Wildman–Crippen MR) is 87.1 cm³/mol. The molecule has 0 amide bonds. The van der Waals surface area contributed by atoms with Crippen LogP contribution in [0.4, 0.5) is 11.5 Å². The van der Waals surface area contributed by atoms with E-state index < -0.39 is 0 Å². The third kappa shape index (κ3) is 3.42. The molecule has 0 radical (unpaired) electrons. The van der Waals surface area contributed by atoms with Gasteiger partial charge in [-0.3, -0.25) is 0 Å². The monoisotopic (exact) mass is 301 g/mol. The molecule has 0 spiro atoms. The van der Waals surface area contributed by atoms with E-state index in [1.807, 2.05) is 30.1 Å². The summed E-state index contributed by atoms with van der Waals surface area (Å²) in [5.74, 6) is 4.25. The van der Waals surface area contributed by atoms with Crippen molar-refractivity contribution < 1.29 is 9.52 Å². The average molecular weight is 301 g/mol. The smallest absolute Gasteiger partial charge is 0.126 e. The van der Waals surface area contributed by atoms with Crippen LogP contribution in [-0.2, 0) is 6.54 Å². The number of likely N-dealkylation sites (N-methyl/N-ethyl adjacent to an activating group) is 1. The van der Waals surface area contributed by atoms with Gasteiger partial charge in [-0.1, -0.05) is 6.92 Å². The van der Waals surface area contributed by atoms with E-state index >= 15 is 0 Å². The highest BCUT2D eigenvalue weighted by Crippen LogP contribution is 2.47. The van der Waals surface area contributed by atoms with E-state index in [9.17, 15) is 0 Å². The van der Waals surface area contributed by atoms with Crippen molar-refractivity contribution in [3.8, 4) is 0 Å². The molecule has 2 aromatic heterocycles. The molecule has 2 unspecified atom stereocenters. The highest BCUT2D eigenvalue weighted by Gasteiger charge is 2.36. The normalized spacial score (nSPS) is 20.0. The minimum Gasteiger partial charge on any atom is -0.464 e. The van der Waals surface area contributed by atoms with Gasteiger partial charge in [-0.15, -0.1) is 0 Å². The van der Waals surface area contributed by atoms with E-state index in [1.54, 1.807) is 6.20 Å². The molecule has 1 aliphatic rings. The van der Waals surface area contributed by atoms with Gasteiger partial charge in [0.05, 0.1) is 25.0 Å². The first kappa shape index (κ1) is 14.9. The Labute approximate surface area is 131 Å². The van der Waals surface area contributed by atoms with E-state index in [1.165, 1.54) is 6.42 Å². The Kier molecular flexibility index (Phi) is 4.34. The summed E-state index contributed by atoms with van der Waals surface area (Å²) in [6.45, 7) is 3.63. The Hall–Kier alpha value is -2.01. The van der Waals surface area contributed by atoms with E-state index in [-0.39, 0.29) is 6.61 Å². The molecule has 2 atom stereocenters. The van der Waals surface area contributed by atoms with Crippen LogP contribution in [0, 0.1) is 5.92 Å². The number of nitrogens with zero attached hydrogens (tertiary/aromatic N) is 2. The molecule has 3 rings (SSSR count). The van der Waals surface area contributed by atoms with Gasteiger partial charge in [0.2, 0.25) is 0 Å². The molecular weight excluding hydrogens is 278 g/mol. The minimum atomic E-state index is 0.136. The van der Waals surface area contributed by atoms with Crippen LogP contribution in [0.3, 0.4) is 0 Å². The van der Waals surface area contributed by atoms with Gasteiger partial charge in [0, 0.05) is 19.5 Å². The second-order valence-electron chi connectivity index (χ2n) is 6.02. The number of hydrogen-bond donors (Lipinski definition) is 2. The average Bonchev–Trinajstić information content (AvgIpc) is 3.08. The van der Waals surface area contributed by atoms with Crippen molar-refractivity contribution in [1.82, 2.24) is 4.98 Å². The van der Waals surface area contributed by atoms with Crippen LogP contribution in [0.5, 0.6) is 0 Å². The third-order valence-electron chi connectivity index (χ3n) is 4.23. The molecule has 118 valence electrons. The van der Waals surface area contributed by atoms with Crippen molar-refractivity contribution in [2.24, 2.45) is 5.92 Å². The number of rotatable bonds is 7. The maximum atomic E-state index is 8.94. The molecule has 1 saturated carbocycles. The molecule has 0 saturated heterocycles. The molecule has 5 heteroatoms. The largest absolute Gasteiger partial charge is 0.464 e. The topological polar surface area (TPSA) is 61.5 Å². The number of pyridine rings is 1. The number of furan rings is 1. The van der Waals surface area contributed by atoms with Crippen molar-refractivity contribution >= 4 is 11.5 Å². The molecular formula is C17H23N3O2. The highest BCUT2D eigenvalue weighted by atomic mass is 16.3. The fourth-order valence-electron chi connectivity index (χ4n) is 2.58. The molecule has 1 fully saturated rings. The summed E-state index contributed by atoms with van der Waals surface area (Å²) >= 11 is 0. The number of hydrogen-bond acceptors (Lipinski definition) is 5. The molecule has 22 heavy (non-hydrogen) atoms. The van der Waals surface area contributed by atoms with Crippen LogP contribution in [0.1, 0.15) is 30.8 Å². The van der Waals surface area contributed by atoms with Crippen molar-refractivity contribution in [1.29, 1.82) is 0 Å². The molecule has 2 N–H and O–H groups in total. The van der Waals surface area contributed by atoms with Gasteiger partial charge in [-0.25, -0.2) is 4.98 Å². The number of anilines is 2. The third-order valence-corrected chi connectivity index (χ3v) is 4.23. The molecule has 0 aromatic carbocycles. The van der Waals surface area contributed by atoms with Gasteiger partial charge >= 0.3 is 0 Å². The van der Waals surface area contributed by atoms with Crippen molar-refractivity contribution in [2.75, 3.05) is 30.4 Å². The van der Waals surface area contributed by atoms with Crippen LogP contribution in [0.25, 0.3) is 0 Å². The number of aromatic nitrogens is 1. The lowest BCUT2D eigenvalue weighted by Gasteiger charge is -2.17. The first-order valence-electron chi connectivity index (χ1n) is 7.78. The predicted octanol–water partition coefficient (Wildman–Crippen LogP) is 2.84. The van der Waals surface area contributed by atoms with E-state index in [2.05, 4.69) is 23.3 Å².